The van der Waals surface area contributed by atoms with E-state index < -0.39 is 0 Å². The highest BCUT2D eigenvalue weighted by Crippen LogP contribution is 2.31. The number of aromatic nitrogens is 4. The third kappa shape index (κ3) is 3.50. The zero-order valence-corrected chi connectivity index (χ0v) is 17.1. The van der Waals surface area contributed by atoms with Crippen LogP contribution in [0.1, 0.15) is 5.69 Å². The first kappa shape index (κ1) is 18.9. The zero-order valence-electron chi connectivity index (χ0n) is 17.1. The summed E-state index contributed by atoms with van der Waals surface area (Å²) < 4.78 is 23.6. The molecule has 0 atom stereocenters. The van der Waals surface area contributed by atoms with Crippen LogP contribution in [-0.2, 0) is 0 Å². The summed E-state index contributed by atoms with van der Waals surface area (Å²) in [5, 5.41) is 3.40. The van der Waals surface area contributed by atoms with Gasteiger partial charge in [0.25, 0.3) is 0 Å². The number of anilines is 2. The first-order chi connectivity index (χ1) is 15.1. The van der Waals surface area contributed by atoms with Crippen LogP contribution in [0.5, 0.6) is 5.75 Å². The highest BCUT2D eigenvalue weighted by atomic mass is 19.1. The van der Waals surface area contributed by atoms with Crippen LogP contribution in [0, 0.1) is 12.7 Å². The Balaban J connectivity index is 1.51. The Morgan fingerprint density at radius 1 is 1.03 bits per heavy atom. The predicted molar refractivity (Wildman–Crippen MR) is 119 cm³/mol. The number of aryl methyl sites for hydroxylation is 1. The topological polar surface area (TPSA) is 56.4 Å². The number of imidazole rings is 2. The number of nitrogens with one attached hydrogen (secondary N) is 1. The Kier molecular flexibility index (Phi) is 4.63. The van der Waals surface area contributed by atoms with Crippen molar-refractivity contribution in [3.63, 3.8) is 0 Å². The summed E-state index contributed by atoms with van der Waals surface area (Å²) in [5.41, 5.74) is 5.23. The van der Waals surface area contributed by atoms with Crippen molar-refractivity contribution in [1.29, 1.82) is 0 Å². The van der Waals surface area contributed by atoms with Gasteiger partial charge in [0.05, 0.1) is 36.2 Å². The van der Waals surface area contributed by atoms with E-state index in [2.05, 4.69) is 15.3 Å². The molecular weight excluding hydrogens is 393 g/mol. The van der Waals surface area contributed by atoms with Gasteiger partial charge in [0.2, 0.25) is 0 Å². The van der Waals surface area contributed by atoms with Gasteiger partial charge in [-0.1, -0.05) is 12.1 Å². The SMILES string of the molecule is COc1cc(Nc2cccn3cc(-c4ccccc4F)nc23)ccc1-n1cnc(C)c1. The van der Waals surface area contributed by atoms with E-state index in [1.165, 1.54) is 6.07 Å². The van der Waals surface area contributed by atoms with Gasteiger partial charge < -0.3 is 19.0 Å². The molecule has 0 fully saturated rings. The molecule has 1 N–H and O–H groups in total. The summed E-state index contributed by atoms with van der Waals surface area (Å²) in [5.74, 6) is 0.417. The summed E-state index contributed by atoms with van der Waals surface area (Å²) in [6.07, 6.45) is 7.42. The molecule has 0 spiro atoms. The summed E-state index contributed by atoms with van der Waals surface area (Å²) in [7, 11) is 1.64. The number of halogens is 1. The number of nitrogens with zero attached hydrogens (tertiary/aromatic N) is 4. The molecule has 5 rings (SSSR count). The van der Waals surface area contributed by atoms with Crippen LogP contribution in [0.25, 0.3) is 22.6 Å². The van der Waals surface area contributed by atoms with Gasteiger partial charge in [-0.3, -0.25) is 0 Å². The molecule has 0 aliphatic heterocycles. The Hall–Kier alpha value is -4.13. The third-order valence-corrected chi connectivity index (χ3v) is 5.08. The molecule has 0 saturated heterocycles. The van der Waals surface area contributed by atoms with Gasteiger partial charge in [-0.25, -0.2) is 14.4 Å². The molecule has 3 aromatic heterocycles. The lowest BCUT2D eigenvalue weighted by Crippen LogP contribution is -1.99. The fraction of sp³-hybridized carbons (Fsp3) is 0.0833. The van der Waals surface area contributed by atoms with E-state index >= 15 is 0 Å². The molecule has 2 aromatic carbocycles. The van der Waals surface area contributed by atoms with Crippen LogP contribution in [0.3, 0.4) is 0 Å². The van der Waals surface area contributed by atoms with Crippen LogP contribution < -0.4 is 10.1 Å². The molecule has 0 unspecified atom stereocenters. The molecule has 0 bridgehead atoms. The monoisotopic (exact) mass is 413 g/mol. The number of methoxy groups -OCH3 is 1. The van der Waals surface area contributed by atoms with E-state index in [-0.39, 0.29) is 5.82 Å². The molecule has 154 valence electrons. The summed E-state index contributed by atoms with van der Waals surface area (Å²) in [6.45, 7) is 1.94. The van der Waals surface area contributed by atoms with Gasteiger partial charge in [0.15, 0.2) is 5.65 Å². The molecule has 31 heavy (non-hydrogen) atoms. The fourth-order valence-electron chi connectivity index (χ4n) is 3.59. The summed E-state index contributed by atoms with van der Waals surface area (Å²) in [4.78, 5) is 8.95. The molecule has 0 amide bonds. The van der Waals surface area contributed by atoms with Gasteiger partial charge >= 0.3 is 0 Å². The standard InChI is InChI=1S/C24H20FN5O/c1-16-13-30(15-26-16)22-10-9-17(12-23(22)31-2)27-20-8-5-11-29-14-21(28-24(20)29)18-6-3-4-7-19(18)25/h3-15,27H,1-2H3. The zero-order chi connectivity index (χ0) is 21.4. The largest absolute Gasteiger partial charge is 0.494 e. The molecule has 7 heteroatoms. The Morgan fingerprint density at radius 3 is 2.68 bits per heavy atom. The van der Waals surface area contributed by atoms with Gasteiger partial charge in [-0.2, -0.15) is 0 Å². The van der Waals surface area contributed by atoms with Crippen molar-refractivity contribution in [2.45, 2.75) is 6.92 Å². The third-order valence-electron chi connectivity index (χ3n) is 5.08. The highest BCUT2D eigenvalue weighted by Gasteiger charge is 2.12. The molecule has 0 saturated carbocycles. The van der Waals surface area contributed by atoms with Crippen LogP contribution in [0.15, 0.2) is 79.5 Å². The van der Waals surface area contributed by atoms with Crippen LogP contribution in [0.4, 0.5) is 15.8 Å². The maximum absolute atomic E-state index is 14.2. The van der Waals surface area contributed by atoms with Crippen molar-refractivity contribution in [2.75, 3.05) is 12.4 Å². The maximum Gasteiger partial charge on any atom is 0.161 e. The van der Waals surface area contributed by atoms with E-state index in [0.29, 0.717) is 22.7 Å². The lowest BCUT2D eigenvalue weighted by Gasteiger charge is -2.13. The van der Waals surface area contributed by atoms with Crippen LogP contribution >= 0.6 is 0 Å². The lowest BCUT2D eigenvalue weighted by atomic mass is 10.1. The molecule has 0 radical (unpaired) electrons. The minimum atomic E-state index is -0.296. The molecule has 6 nitrogen and oxygen atoms in total. The predicted octanol–water partition coefficient (Wildman–Crippen LogP) is 5.39. The Morgan fingerprint density at radius 2 is 1.90 bits per heavy atom. The molecule has 0 aliphatic carbocycles. The molecule has 0 aliphatic rings. The highest BCUT2D eigenvalue weighted by molar-refractivity contribution is 5.77. The van der Waals surface area contributed by atoms with Crippen LogP contribution in [0.2, 0.25) is 0 Å². The van der Waals surface area contributed by atoms with Gasteiger partial charge in [0, 0.05) is 35.9 Å². The average molecular weight is 413 g/mol. The van der Waals surface area contributed by atoms with E-state index in [1.807, 2.05) is 64.8 Å². The Labute approximate surface area is 178 Å². The second-order valence-electron chi connectivity index (χ2n) is 7.19. The second kappa shape index (κ2) is 7.60. The molecular formula is C24H20FN5O. The average Bonchev–Trinajstić information content (AvgIpc) is 3.41. The Bertz CT molecular complexity index is 1390. The summed E-state index contributed by atoms with van der Waals surface area (Å²) >= 11 is 0. The number of fused-ring (bicyclic) bond motifs is 1. The number of rotatable bonds is 5. The number of pyridine rings is 1. The van der Waals surface area contributed by atoms with Crippen LogP contribution in [-0.4, -0.2) is 26.0 Å². The summed E-state index contributed by atoms with van der Waals surface area (Å²) in [6, 6.07) is 16.4. The van der Waals surface area contributed by atoms with E-state index in [4.69, 9.17) is 4.74 Å². The molecule has 3 heterocycles. The quantitative estimate of drug-likeness (QED) is 0.420. The van der Waals surface area contributed by atoms with Crippen molar-refractivity contribution in [3.8, 4) is 22.7 Å². The van der Waals surface area contributed by atoms with E-state index in [1.54, 1.807) is 31.6 Å². The van der Waals surface area contributed by atoms with Crippen molar-refractivity contribution in [2.24, 2.45) is 0 Å². The minimum absolute atomic E-state index is 0.296. The van der Waals surface area contributed by atoms with Gasteiger partial charge in [0.1, 0.15) is 11.6 Å². The van der Waals surface area contributed by atoms with Crippen molar-refractivity contribution in [3.05, 3.63) is 91.0 Å². The number of hydrogen-bond acceptors (Lipinski definition) is 4. The first-order valence-corrected chi connectivity index (χ1v) is 9.81. The van der Waals surface area contributed by atoms with Gasteiger partial charge in [-0.05, 0) is 43.3 Å². The normalized spacial score (nSPS) is 11.1. The minimum Gasteiger partial charge on any atom is -0.494 e. The number of ether oxygens (including phenoxy) is 1. The smallest absolute Gasteiger partial charge is 0.161 e. The lowest BCUT2D eigenvalue weighted by molar-refractivity contribution is 0.413. The fourth-order valence-corrected chi connectivity index (χ4v) is 3.59. The van der Waals surface area contributed by atoms with E-state index in [9.17, 15) is 4.39 Å². The van der Waals surface area contributed by atoms with Gasteiger partial charge in [-0.15, -0.1) is 0 Å². The first-order valence-electron chi connectivity index (χ1n) is 9.81. The molecule has 5 aromatic rings. The van der Waals surface area contributed by atoms with Crippen molar-refractivity contribution >= 4 is 17.0 Å². The number of benzene rings is 2. The second-order valence-corrected chi connectivity index (χ2v) is 7.19. The number of hydrogen-bond donors (Lipinski definition) is 1. The maximum atomic E-state index is 14.2. The van der Waals surface area contributed by atoms with Crippen molar-refractivity contribution < 1.29 is 9.13 Å². The van der Waals surface area contributed by atoms with E-state index in [0.717, 1.165) is 22.8 Å². The van der Waals surface area contributed by atoms with Crippen molar-refractivity contribution in [1.82, 2.24) is 18.9 Å².